The van der Waals surface area contributed by atoms with Gasteiger partial charge in [-0.25, -0.2) is 0 Å². The highest BCUT2D eigenvalue weighted by Gasteiger charge is 2.17. The van der Waals surface area contributed by atoms with Crippen LogP contribution in [-0.4, -0.2) is 13.1 Å². The first-order valence-electron chi connectivity index (χ1n) is 11.9. The van der Waals surface area contributed by atoms with E-state index in [2.05, 4.69) is 129 Å². The molecule has 0 aliphatic rings. The second-order valence-corrected chi connectivity index (χ2v) is 15.2. The van der Waals surface area contributed by atoms with Crippen molar-refractivity contribution in [1.82, 2.24) is 4.98 Å². The molecule has 0 spiro atoms. The summed E-state index contributed by atoms with van der Waals surface area (Å²) in [5.74, 6) is 0. The molecule has 0 aliphatic carbocycles. The van der Waals surface area contributed by atoms with Gasteiger partial charge in [-0.15, -0.1) is 0 Å². The van der Waals surface area contributed by atoms with Crippen molar-refractivity contribution in [2.24, 2.45) is 0 Å². The van der Waals surface area contributed by atoms with Gasteiger partial charge in [-0.05, 0) is 66.8 Å². The van der Waals surface area contributed by atoms with E-state index in [1.165, 1.54) is 54.2 Å². The topological polar surface area (TPSA) is 12.9 Å². The number of hydrogen-bond acceptors (Lipinski definition) is 1. The van der Waals surface area contributed by atoms with E-state index in [1.54, 1.807) is 0 Å². The first-order chi connectivity index (χ1) is 16.5. The molecule has 2 heteroatoms. The van der Waals surface area contributed by atoms with Crippen LogP contribution in [-0.2, 0) is 0 Å². The largest absolute Gasteiger partial charge is 0.256 e. The van der Waals surface area contributed by atoms with E-state index in [4.69, 9.17) is 4.98 Å². The summed E-state index contributed by atoms with van der Waals surface area (Å²) in [6, 6.07) is 37.5. The van der Waals surface area contributed by atoms with E-state index < -0.39 is 8.07 Å². The Morgan fingerprint density at radius 3 is 1.62 bits per heavy atom. The van der Waals surface area contributed by atoms with Gasteiger partial charge in [0.2, 0.25) is 0 Å². The maximum absolute atomic E-state index is 4.84. The van der Waals surface area contributed by atoms with E-state index in [0.29, 0.717) is 0 Å². The third kappa shape index (κ3) is 3.51. The van der Waals surface area contributed by atoms with Gasteiger partial charge in [-0.3, -0.25) is 4.98 Å². The Balaban J connectivity index is 1.58. The normalized spacial score (nSPS) is 12.0. The van der Waals surface area contributed by atoms with E-state index in [-0.39, 0.29) is 0 Å². The molecule has 0 atom stereocenters. The predicted molar refractivity (Wildman–Crippen MR) is 151 cm³/mol. The van der Waals surface area contributed by atoms with Crippen LogP contribution >= 0.6 is 0 Å². The minimum absolute atomic E-state index is 1.03. The fraction of sp³-hybridized carbons (Fsp3) is 0.0938. The third-order valence-corrected chi connectivity index (χ3v) is 8.90. The van der Waals surface area contributed by atoms with Gasteiger partial charge >= 0.3 is 0 Å². The molecule has 0 saturated carbocycles. The lowest BCUT2D eigenvalue weighted by Gasteiger charge is -2.16. The van der Waals surface area contributed by atoms with E-state index in [1.807, 2.05) is 0 Å². The minimum atomic E-state index is -1.36. The predicted octanol–water partition coefficient (Wildman–Crippen LogP) is 8.42. The molecule has 5 aromatic carbocycles. The number of hydrogen-bond donors (Lipinski definition) is 0. The molecule has 0 aliphatic heterocycles. The molecule has 0 saturated heterocycles. The number of aromatic nitrogens is 1. The Labute approximate surface area is 201 Å². The van der Waals surface area contributed by atoms with Gasteiger partial charge in [0.1, 0.15) is 0 Å². The minimum Gasteiger partial charge on any atom is -0.256 e. The number of rotatable bonds is 3. The van der Waals surface area contributed by atoms with Gasteiger partial charge in [-0.1, -0.05) is 105 Å². The Morgan fingerprint density at radius 1 is 0.471 bits per heavy atom. The lowest BCUT2D eigenvalue weighted by Crippen LogP contribution is -2.37. The first kappa shape index (κ1) is 20.8. The van der Waals surface area contributed by atoms with Gasteiger partial charge in [0.15, 0.2) is 0 Å². The second kappa shape index (κ2) is 7.93. The van der Waals surface area contributed by atoms with Gasteiger partial charge in [0, 0.05) is 11.8 Å². The zero-order valence-electron chi connectivity index (χ0n) is 19.8. The zero-order chi connectivity index (χ0) is 23.3. The maximum Gasteiger partial charge on any atom is 0.0796 e. The summed E-state index contributed by atoms with van der Waals surface area (Å²) >= 11 is 0. The van der Waals surface area contributed by atoms with Crippen LogP contribution in [0.15, 0.2) is 109 Å². The quantitative estimate of drug-likeness (QED) is 0.193. The molecule has 34 heavy (non-hydrogen) atoms. The van der Waals surface area contributed by atoms with Crippen molar-refractivity contribution in [3.05, 3.63) is 109 Å². The Bertz CT molecular complexity index is 1640. The molecule has 0 bridgehead atoms. The number of pyridine rings is 1. The van der Waals surface area contributed by atoms with Crippen molar-refractivity contribution in [3.63, 3.8) is 0 Å². The molecular formula is C32H27NSi. The van der Waals surface area contributed by atoms with Crippen molar-refractivity contribution in [2.45, 2.75) is 19.6 Å². The summed E-state index contributed by atoms with van der Waals surface area (Å²) < 4.78 is 0. The number of nitrogens with zero attached hydrogens (tertiary/aromatic N) is 1. The van der Waals surface area contributed by atoms with E-state index >= 15 is 0 Å². The molecule has 1 heterocycles. The summed E-state index contributed by atoms with van der Waals surface area (Å²) in [6.07, 6.45) is 2.08. The van der Waals surface area contributed by atoms with Crippen LogP contribution in [0.1, 0.15) is 0 Å². The molecule has 1 aromatic heterocycles. The number of benzene rings is 5. The van der Waals surface area contributed by atoms with Gasteiger partial charge in [0.05, 0.1) is 13.8 Å². The molecule has 0 fully saturated rings. The van der Waals surface area contributed by atoms with Crippen molar-refractivity contribution in [3.8, 4) is 22.4 Å². The highest BCUT2D eigenvalue weighted by atomic mass is 28.3. The average Bonchev–Trinajstić information content (AvgIpc) is 2.88. The van der Waals surface area contributed by atoms with Crippen LogP contribution in [0.3, 0.4) is 0 Å². The fourth-order valence-corrected chi connectivity index (χ4v) is 5.97. The van der Waals surface area contributed by atoms with Crippen molar-refractivity contribution in [1.29, 1.82) is 0 Å². The molecule has 0 radical (unpaired) electrons. The van der Waals surface area contributed by atoms with Gasteiger partial charge in [-0.2, -0.15) is 0 Å². The van der Waals surface area contributed by atoms with Crippen LogP contribution in [0.2, 0.25) is 19.6 Å². The summed E-state index contributed by atoms with van der Waals surface area (Å²) in [4.78, 5) is 4.84. The number of fused-ring (bicyclic) bond motifs is 6. The molecular weight excluding hydrogens is 426 g/mol. The van der Waals surface area contributed by atoms with Gasteiger partial charge in [0.25, 0.3) is 0 Å². The SMILES string of the molecule is C[Si](C)(C)c1ccc(-c2ccc3c4ccc(-c5ccccc5)cc4c4ccccc4c3c2)nc1. The molecule has 1 nitrogen and oxygen atoms in total. The maximum atomic E-state index is 4.84. The lowest BCUT2D eigenvalue weighted by atomic mass is 9.91. The summed E-state index contributed by atoms with van der Waals surface area (Å²) in [7, 11) is -1.36. The van der Waals surface area contributed by atoms with E-state index in [0.717, 1.165) is 5.69 Å². The highest BCUT2D eigenvalue weighted by Crippen LogP contribution is 2.38. The summed E-state index contributed by atoms with van der Waals surface area (Å²) in [6.45, 7) is 7.08. The zero-order valence-corrected chi connectivity index (χ0v) is 20.8. The lowest BCUT2D eigenvalue weighted by molar-refractivity contribution is 1.34. The third-order valence-electron chi connectivity index (χ3n) is 6.87. The van der Waals surface area contributed by atoms with Crippen molar-refractivity contribution < 1.29 is 0 Å². The molecule has 6 aromatic rings. The average molecular weight is 454 g/mol. The smallest absolute Gasteiger partial charge is 0.0796 e. The molecule has 0 N–H and O–H groups in total. The summed E-state index contributed by atoms with van der Waals surface area (Å²) in [5, 5.41) is 9.14. The van der Waals surface area contributed by atoms with Crippen LogP contribution in [0.4, 0.5) is 0 Å². The van der Waals surface area contributed by atoms with Crippen molar-refractivity contribution in [2.75, 3.05) is 0 Å². The molecule has 0 unspecified atom stereocenters. The Kier molecular flexibility index (Phi) is 4.86. The Morgan fingerprint density at radius 2 is 1.03 bits per heavy atom. The van der Waals surface area contributed by atoms with Crippen LogP contribution < -0.4 is 5.19 Å². The van der Waals surface area contributed by atoms with Crippen molar-refractivity contribution >= 4 is 45.6 Å². The molecule has 164 valence electrons. The standard InChI is InChI=1S/C32H27NSi/c1-34(2,3)25-15-18-32(33-21-25)24-14-17-29-28-16-13-23(22-9-5-4-6-10-22)19-30(28)26-11-7-8-12-27(26)31(29)20-24/h4-21H,1-3H3. The monoisotopic (exact) mass is 453 g/mol. The molecule has 0 amide bonds. The van der Waals surface area contributed by atoms with E-state index in [9.17, 15) is 0 Å². The van der Waals surface area contributed by atoms with Crippen LogP contribution in [0, 0.1) is 0 Å². The summed E-state index contributed by atoms with van der Waals surface area (Å²) in [5.41, 5.74) is 4.70. The van der Waals surface area contributed by atoms with Crippen LogP contribution in [0.25, 0.3) is 54.7 Å². The molecule has 6 rings (SSSR count). The fourth-order valence-electron chi connectivity index (χ4n) is 4.93. The first-order valence-corrected chi connectivity index (χ1v) is 15.4. The second-order valence-electron chi connectivity index (χ2n) is 10.1. The van der Waals surface area contributed by atoms with Crippen LogP contribution in [0.5, 0.6) is 0 Å². The van der Waals surface area contributed by atoms with Gasteiger partial charge < -0.3 is 0 Å². The Hall–Kier alpha value is -3.75. The highest BCUT2D eigenvalue weighted by molar-refractivity contribution is 6.88.